The highest BCUT2D eigenvalue weighted by atomic mass is 79.9. The molecule has 0 bridgehead atoms. The van der Waals surface area contributed by atoms with Crippen LogP contribution in [0.1, 0.15) is 25.3 Å². The van der Waals surface area contributed by atoms with Gasteiger partial charge in [-0.3, -0.25) is 9.59 Å². The van der Waals surface area contributed by atoms with E-state index in [1.807, 2.05) is 0 Å². The molecule has 4 nitrogen and oxygen atoms in total. The highest BCUT2D eigenvalue weighted by molar-refractivity contribution is 9.10. The third-order valence-electron chi connectivity index (χ3n) is 2.62. The molecule has 0 saturated carbocycles. The first-order chi connectivity index (χ1) is 9.59. The van der Waals surface area contributed by atoms with E-state index in [0.717, 1.165) is 12.1 Å². The minimum atomic E-state index is -4.60. The lowest BCUT2D eigenvalue weighted by atomic mass is 10.0. The van der Waals surface area contributed by atoms with Gasteiger partial charge in [0.25, 0.3) is 0 Å². The molecule has 1 amide bonds. The molecule has 0 saturated heterocycles. The molecule has 21 heavy (non-hydrogen) atoms. The van der Waals surface area contributed by atoms with Gasteiger partial charge >= 0.3 is 12.1 Å². The van der Waals surface area contributed by atoms with Crippen molar-refractivity contribution in [3.05, 3.63) is 28.2 Å². The predicted molar refractivity (Wildman–Crippen MR) is 73.8 cm³/mol. The van der Waals surface area contributed by atoms with Crippen LogP contribution in [0.15, 0.2) is 22.7 Å². The van der Waals surface area contributed by atoms with Crippen molar-refractivity contribution in [2.75, 3.05) is 5.32 Å². The van der Waals surface area contributed by atoms with E-state index in [1.54, 1.807) is 6.92 Å². The number of amides is 1. The number of hydrogen-bond acceptors (Lipinski definition) is 2. The van der Waals surface area contributed by atoms with Gasteiger partial charge in [0.15, 0.2) is 0 Å². The molecule has 2 N–H and O–H groups in total. The smallest absolute Gasteiger partial charge is 0.418 e. The van der Waals surface area contributed by atoms with Crippen molar-refractivity contribution in [3.63, 3.8) is 0 Å². The van der Waals surface area contributed by atoms with Crippen LogP contribution >= 0.6 is 15.9 Å². The van der Waals surface area contributed by atoms with E-state index < -0.39 is 29.5 Å². The molecule has 0 aliphatic heterocycles. The topological polar surface area (TPSA) is 66.4 Å². The molecule has 0 aliphatic rings. The first-order valence-corrected chi connectivity index (χ1v) is 6.77. The molecule has 1 atom stereocenters. The van der Waals surface area contributed by atoms with Crippen molar-refractivity contribution in [3.8, 4) is 0 Å². The molecule has 0 radical (unpaired) electrons. The number of rotatable bonds is 5. The molecule has 0 fully saturated rings. The number of carboxylic acid groups (broad SMARTS) is 1. The fraction of sp³-hybridized carbons (Fsp3) is 0.385. The molecular formula is C13H13BrF3NO3. The number of hydrogen-bond donors (Lipinski definition) is 2. The van der Waals surface area contributed by atoms with E-state index in [4.69, 9.17) is 5.11 Å². The van der Waals surface area contributed by atoms with Gasteiger partial charge in [0.1, 0.15) is 0 Å². The predicted octanol–water partition coefficient (Wildman–Crippen LogP) is 3.91. The Morgan fingerprint density at radius 1 is 1.33 bits per heavy atom. The van der Waals surface area contributed by atoms with Crippen molar-refractivity contribution in [2.24, 2.45) is 5.92 Å². The van der Waals surface area contributed by atoms with Gasteiger partial charge < -0.3 is 10.4 Å². The van der Waals surface area contributed by atoms with Gasteiger partial charge in [-0.25, -0.2) is 0 Å². The van der Waals surface area contributed by atoms with Crippen molar-refractivity contribution in [1.82, 2.24) is 0 Å². The van der Waals surface area contributed by atoms with Crippen LogP contribution in [0.5, 0.6) is 0 Å². The van der Waals surface area contributed by atoms with Crippen LogP contribution in [0.3, 0.4) is 0 Å². The average molecular weight is 368 g/mol. The number of alkyl halides is 3. The van der Waals surface area contributed by atoms with E-state index in [0.29, 0.717) is 0 Å². The number of halogens is 4. The first kappa shape index (κ1) is 17.5. The Bertz CT molecular complexity index is 546. The number of carbonyl (C=O) groups excluding carboxylic acids is 1. The van der Waals surface area contributed by atoms with Gasteiger partial charge in [0.05, 0.1) is 11.3 Å². The van der Waals surface area contributed by atoms with Crippen molar-refractivity contribution < 1.29 is 27.9 Å². The summed E-state index contributed by atoms with van der Waals surface area (Å²) in [7, 11) is 0. The molecule has 1 rings (SSSR count). The van der Waals surface area contributed by atoms with Gasteiger partial charge in [0.2, 0.25) is 5.91 Å². The average Bonchev–Trinajstić information content (AvgIpc) is 2.28. The van der Waals surface area contributed by atoms with Gasteiger partial charge in [-0.1, -0.05) is 22.9 Å². The first-order valence-electron chi connectivity index (χ1n) is 5.98. The zero-order chi connectivity index (χ0) is 16.2. The maximum Gasteiger partial charge on any atom is 0.418 e. The van der Waals surface area contributed by atoms with E-state index in [-0.39, 0.29) is 23.0 Å². The van der Waals surface area contributed by atoms with Gasteiger partial charge in [-0.15, -0.1) is 0 Å². The van der Waals surface area contributed by atoms with E-state index in [1.165, 1.54) is 6.07 Å². The van der Waals surface area contributed by atoms with Crippen molar-refractivity contribution >= 4 is 33.5 Å². The van der Waals surface area contributed by atoms with Gasteiger partial charge in [-0.2, -0.15) is 13.2 Å². The Hall–Kier alpha value is -1.57. The third kappa shape index (κ3) is 5.74. The molecule has 8 heteroatoms. The third-order valence-corrected chi connectivity index (χ3v) is 3.11. The Labute approximate surface area is 127 Å². The lowest BCUT2D eigenvalue weighted by Crippen LogP contribution is -2.19. The number of carboxylic acids is 1. The lowest BCUT2D eigenvalue weighted by Gasteiger charge is -2.15. The van der Waals surface area contributed by atoms with Crippen LogP contribution in [0, 0.1) is 5.92 Å². The number of carbonyl (C=O) groups is 2. The Balaban J connectivity index is 2.83. The Morgan fingerprint density at radius 2 is 1.95 bits per heavy atom. The van der Waals surface area contributed by atoms with Crippen LogP contribution in [-0.4, -0.2) is 17.0 Å². The van der Waals surface area contributed by atoms with Crippen molar-refractivity contribution in [2.45, 2.75) is 25.9 Å². The summed E-state index contributed by atoms with van der Waals surface area (Å²) in [4.78, 5) is 22.2. The largest absolute Gasteiger partial charge is 0.481 e. The SMILES string of the molecule is CC(CC(=O)O)CC(=O)Nc1ccc(Br)cc1C(F)(F)F. The van der Waals surface area contributed by atoms with Crippen LogP contribution in [0.25, 0.3) is 0 Å². The summed E-state index contributed by atoms with van der Waals surface area (Å²) in [6, 6.07) is 3.40. The Kier molecular flexibility index (Phi) is 5.77. The standard InChI is InChI=1S/C13H13BrF3NO3/c1-7(5-12(20)21)4-11(19)18-10-3-2-8(14)6-9(10)13(15,16)17/h2-3,6-7H,4-5H2,1H3,(H,18,19)(H,20,21). The lowest BCUT2D eigenvalue weighted by molar-refractivity contribution is -0.138. The number of nitrogens with one attached hydrogen (secondary N) is 1. The minimum absolute atomic E-state index is 0.167. The summed E-state index contributed by atoms with van der Waals surface area (Å²) in [6.45, 7) is 1.54. The maximum atomic E-state index is 12.9. The second kappa shape index (κ2) is 6.93. The zero-order valence-corrected chi connectivity index (χ0v) is 12.6. The summed E-state index contributed by atoms with van der Waals surface area (Å²) < 4.78 is 38.8. The second-order valence-corrected chi connectivity index (χ2v) is 5.56. The Morgan fingerprint density at radius 3 is 2.48 bits per heavy atom. The normalized spacial score (nSPS) is 12.8. The molecule has 0 aliphatic carbocycles. The van der Waals surface area contributed by atoms with Crippen LogP contribution in [-0.2, 0) is 15.8 Å². The van der Waals surface area contributed by atoms with Crippen LogP contribution in [0.4, 0.5) is 18.9 Å². The molecule has 1 aromatic carbocycles. The molecule has 0 aromatic heterocycles. The molecule has 0 spiro atoms. The highest BCUT2D eigenvalue weighted by Crippen LogP contribution is 2.36. The monoisotopic (exact) mass is 367 g/mol. The number of benzene rings is 1. The van der Waals surface area contributed by atoms with Crippen molar-refractivity contribution in [1.29, 1.82) is 0 Å². The van der Waals surface area contributed by atoms with Crippen LogP contribution < -0.4 is 5.32 Å². The minimum Gasteiger partial charge on any atom is -0.481 e. The van der Waals surface area contributed by atoms with E-state index in [2.05, 4.69) is 21.2 Å². The summed E-state index contributed by atoms with van der Waals surface area (Å²) in [5.74, 6) is -2.18. The fourth-order valence-corrected chi connectivity index (χ4v) is 2.11. The summed E-state index contributed by atoms with van der Waals surface area (Å²) >= 11 is 2.94. The zero-order valence-electron chi connectivity index (χ0n) is 11.0. The van der Waals surface area contributed by atoms with Crippen LogP contribution in [0.2, 0.25) is 0 Å². The van der Waals surface area contributed by atoms with E-state index in [9.17, 15) is 22.8 Å². The molecule has 1 aromatic rings. The highest BCUT2D eigenvalue weighted by Gasteiger charge is 2.34. The van der Waals surface area contributed by atoms with E-state index >= 15 is 0 Å². The molecular weight excluding hydrogens is 355 g/mol. The summed E-state index contributed by atoms with van der Waals surface area (Å²) in [5, 5.41) is 10.8. The van der Waals surface area contributed by atoms with Gasteiger partial charge in [0, 0.05) is 17.3 Å². The number of anilines is 1. The number of aliphatic carboxylic acids is 1. The molecule has 1 unspecified atom stereocenters. The molecule has 116 valence electrons. The fourth-order valence-electron chi connectivity index (χ4n) is 1.75. The quantitative estimate of drug-likeness (QED) is 0.828. The second-order valence-electron chi connectivity index (χ2n) is 4.64. The summed E-state index contributed by atoms with van der Waals surface area (Å²) in [5.41, 5.74) is -1.31. The van der Waals surface area contributed by atoms with Gasteiger partial charge in [-0.05, 0) is 24.1 Å². The molecule has 0 heterocycles. The maximum absolute atomic E-state index is 12.9. The summed E-state index contributed by atoms with van der Waals surface area (Å²) in [6.07, 6.45) is -4.99.